The molecule has 0 rings (SSSR count). The van der Waals surface area contributed by atoms with Crippen molar-refractivity contribution in [2.24, 2.45) is 10.8 Å². The fourth-order valence-corrected chi connectivity index (χ4v) is 2.15. The number of ether oxygens (including phenoxy) is 1. The topological polar surface area (TPSA) is 63.6 Å². The first kappa shape index (κ1) is 18.3. The number of carbonyl (C=O) groups is 2. The second kappa shape index (κ2) is 6.14. The van der Waals surface area contributed by atoms with Crippen LogP contribution in [-0.4, -0.2) is 36.0 Å². The van der Waals surface area contributed by atoms with E-state index in [9.17, 15) is 14.7 Å². The number of aliphatic hydroxyl groups excluding tert-OH is 1. The van der Waals surface area contributed by atoms with Crippen LogP contribution in [0.2, 0.25) is 0 Å². The number of hydrogen-bond donors (Lipinski definition) is 1. The highest BCUT2D eigenvalue weighted by molar-refractivity contribution is 6.04. The lowest BCUT2D eigenvalue weighted by molar-refractivity contribution is -0.158. The van der Waals surface area contributed by atoms with Gasteiger partial charge in [-0.25, -0.2) is 0 Å². The van der Waals surface area contributed by atoms with Crippen LogP contribution >= 0.6 is 0 Å². The van der Waals surface area contributed by atoms with Gasteiger partial charge in [0.2, 0.25) is 0 Å². The summed E-state index contributed by atoms with van der Waals surface area (Å²) in [6.07, 6.45) is -0.117. The Labute approximate surface area is 116 Å². The monoisotopic (exact) mass is 272 g/mol. The summed E-state index contributed by atoms with van der Waals surface area (Å²) in [4.78, 5) is 23.8. The van der Waals surface area contributed by atoms with Gasteiger partial charge in [0.25, 0.3) is 0 Å². The fourth-order valence-electron chi connectivity index (χ4n) is 2.15. The van der Waals surface area contributed by atoms with Gasteiger partial charge in [-0.1, -0.05) is 41.5 Å². The Morgan fingerprint density at radius 2 is 1.63 bits per heavy atom. The molecule has 4 heteroatoms. The standard InChI is InChI=1S/C15H28O4/c1-13(2,3)8-11(17)12(18)15(10-16,19-7)9-14(4,5)6/h10-11,17H,8-9H2,1-7H3. The molecule has 0 fully saturated rings. The first-order chi connectivity index (χ1) is 8.37. The van der Waals surface area contributed by atoms with E-state index in [-0.39, 0.29) is 17.3 Å². The second-order valence-corrected chi connectivity index (χ2v) is 7.59. The molecule has 19 heavy (non-hydrogen) atoms. The van der Waals surface area contributed by atoms with Crippen LogP contribution in [0.25, 0.3) is 0 Å². The van der Waals surface area contributed by atoms with Crippen molar-refractivity contribution in [3.05, 3.63) is 0 Å². The van der Waals surface area contributed by atoms with Crippen LogP contribution in [-0.2, 0) is 14.3 Å². The second-order valence-electron chi connectivity index (χ2n) is 7.59. The molecule has 0 saturated carbocycles. The third-order valence-corrected chi connectivity index (χ3v) is 2.87. The molecule has 112 valence electrons. The molecule has 2 unspecified atom stereocenters. The minimum atomic E-state index is -1.55. The van der Waals surface area contributed by atoms with Crippen molar-refractivity contribution in [3.8, 4) is 0 Å². The highest BCUT2D eigenvalue weighted by Crippen LogP contribution is 2.32. The van der Waals surface area contributed by atoms with E-state index in [1.165, 1.54) is 7.11 Å². The number of Topliss-reactive ketones (excluding diaryl/α,β-unsaturated/α-hetero) is 1. The van der Waals surface area contributed by atoms with Crippen molar-refractivity contribution in [1.29, 1.82) is 0 Å². The maximum absolute atomic E-state index is 12.4. The quantitative estimate of drug-likeness (QED) is 0.595. The number of rotatable bonds is 6. The van der Waals surface area contributed by atoms with Crippen molar-refractivity contribution in [2.75, 3.05) is 7.11 Å². The fraction of sp³-hybridized carbons (Fsp3) is 0.867. The van der Waals surface area contributed by atoms with Crippen LogP contribution in [0.3, 0.4) is 0 Å². The van der Waals surface area contributed by atoms with Crippen molar-refractivity contribution < 1.29 is 19.4 Å². The SMILES string of the molecule is COC(C=O)(CC(C)(C)C)C(=O)C(O)CC(C)(C)C. The van der Waals surface area contributed by atoms with E-state index in [1.807, 2.05) is 41.5 Å². The van der Waals surface area contributed by atoms with Gasteiger partial charge < -0.3 is 9.84 Å². The molecule has 2 atom stereocenters. The molecule has 0 radical (unpaired) electrons. The zero-order chi connectivity index (χ0) is 15.5. The van der Waals surface area contributed by atoms with E-state index < -0.39 is 17.5 Å². The Balaban J connectivity index is 5.19. The smallest absolute Gasteiger partial charge is 0.200 e. The minimum Gasteiger partial charge on any atom is -0.385 e. The number of carbonyl (C=O) groups excluding carboxylic acids is 2. The lowest BCUT2D eigenvalue weighted by Gasteiger charge is -2.34. The van der Waals surface area contributed by atoms with Crippen molar-refractivity contribution in [1.82, 2.24) is 0 Å². The molecule has 0 heterocycles. The molecule has 0 aliphatic heterocycles. The molecule has 0 aliphatic rings. The van der Waals surface area contributed by atoms with Gasteiger partial charge >= 0.3 is 0 Å². The summed E-state index contributed by atoms with van der Waals surface area (Å²) in [5, 5.41) is 10.1. The van der Waals surface area contributed by atoms with Crippen molar-refractivity contribution in [2.45, 2.75) is 66.1 Å². The van der Waals surface area contributed by atoms with Crippen LogP contribution in [0.1, 0.15) is 54.4 Å². The van der Waals surface area contributed by atoms with E-state index in [0.717, 1.165) is 0 Å². The molecule has 0 bridgehead atoms. The third kappa shape index (κ3) is 5.83. The molecular formula is C15H28O4. The van der Waals surface area contributed by atoms with Gasteiger partial charge in [0.05, 0.1) is 0 Å². The molecule has 0 aromatic rings. The summed E-state index contributed by atoms with van der Waals surface area (Å²) >= 11 is 0. The summed E-state index contributed by atoms with van der Waals surface area (Å²) in [5.74, 6) is -0.546. The van der Waals surface area contributed by atoms with Gasteiger partial charge in [-0.2, -0.15) is 0 Å². The average Bonchev–Trinajstić information content (AvgIpc) is 2.21. The molecular weight excluding hydrogens is 244 g/mol. The van der Waals surface area contributed by atoms with E-state index >= 15 is 0 Å². The maximum Gasteiger partial charge on any atom is 0.200 e. The van der Waals surface area contributed by atoms with Crippen LogP contribution < -0.4 is 0 Å². The van der Waals surface area contributed by atoms with Gasteiger partial charge in [-0.3, -0.25) is 9.59 Å². The third-order valence-electron chi connectivity index (χ3n) is 2.87. The Morgan fingerprint density at radius 3 is 1.89 bits per heavy atom. The first-order valence-electron chi connectivity index (χ1n) is 6.61. The predicted molar refractivity (Wildman–Crippen MR) is 75.0 cm³/mol. The van der Waals surface area contributed by atoms with E-state index in [0.29, 0.717) is 12.7 Å². The lowest BCUT2D eigenvalue weighted by atomic mass is 9.77. The molecule has 0 aromatic heterocycles. The Hall–Kier alpha value is -0.740. The van der Waals surface area contributed by atoms with Gasteiger partial charge in [-0.15, -0.1) is 0 Å². The summed E-state index contributed by atoms with van der Waals surface area (Å²) in [5.41, 5.74) is -2.00. The van der Waals surface area contributed by atoms with Crippen LogP contribution in [0.15, 0.2) is 0 Å². The summed E-state index contributed by atoms with van der Waals surface area (Å²) in [6.45, 7) is 11.6. The van der Waals surface area contributed by atoms with Gasteiger partial charge in [0, 0.05) is 7.11 Å². The van der Waals surface area contributed by atoms with Crippen molar-refractivity contribution in [3.63, 3.8) is 0 Å². The van der Waals surface area contributed by atoms with Crippen molar-refractivity contribution >= 4 is 12.1 Å². The number of hydrogen-bond acceptors (Lipinski definition) is 4. The Kier molecular flexibility index (Phi) is 5.90. The molecule has 0 aliphatic carbocycles. The number of methoxy groups -OCH3 is 1. The van der Waals surface area contributed by atoms with Gasteiger partial charge in [0.15, 0.2) is 17.7 Å². The highest BCUT2D eigenvalue weighted by Gasteiger charge is 2.45. The Morgan fingerprint density at radius 1 is 1.16 bits per heavy atom. The van der Waals surface area contributed by atoms with Crippen LogP contribution in [0.5, 0.6) is 0 Å². The molecule has 0 spiro atoms. The summed E-state index contributed by atoms with van der Waals surface area (Å²) < 4.78 is 5.18. The number of ketones is 1. The first-order valence-corrected chi connectivity index (χ1v) is 6.61. The molecule has 0 amide bonds. The molecule has 0 saturated heterocycles. The average molecular weight is 272 g/mol. The van der Waals surface area contributed by atoms with E-state index in [4.69, 9.17) is 4.74 Å². The summed E-state index contributed by atoms with van der Waals surface area (Å²) in [7, 11) is 1.34. The molecule has 0 aromatic carbocycles. The maximum atomic E-state index is 12.4. The van der Waals surface area contributed by atoms with E-state index in [2.05, 4.69) is 0 Å². The summed E-state index contributed by atoms with van der Waals surface area (Å²) in [6, 6.07) is 0. The molecule has 1 N–H and O–H groups in total. The number of aldehydes is 1. The van der Waals surface area contributed by atoms with E-state index in [1.54, 1.807) is 0 Å². The zero-order valence-corrected chi connectivity index (χ0v) is 13.2. The molecule has 4 nitrogen and oxygen atoms in total. The van der Waals surface area contributed by atoms with Crippen LogP contribution in [0, 0.1) is 10.8 Å². The minimum absolute atomic E-state index is 0.195. The normalized spacial score (nSPS) is 17.7. The largest absolute Gasteiger partial charge is 0.385 e. The lowest BCUT2D eigenvalue weighted by Crippen LogP contribution is -2.51. The Bertz CT molecular complexity index is 322. The van der Waals surface area contributed by atoms with Gasteiger partial charge in [-0.05, 0) is 23.7 Å². The predicted octanol–water partition coefficient (Wildman–Crippen LogP) is 2.37. The zero-order valence-electron chi connectivity index (χ0n) is 13.2. The number of aliphatic hydroxyl groups is 1. The highest BCUT2D eigenvalue weighted by atomic mass is 16.5. The van der Waals surface area contributed by atoms with Gasteiger partial charge in [0.1, 0.15) is 6.10 Å². The van der Waals surface area contributed by atoms with Crippen LogP contribution in [0.4, 0.5) is 0 Å².